The summed E-state index contributed by atoms with van der Waals surface area (Å²) in [6.07, 6.45) is 11.1. The van der Waals surface area contributed by atoms with Crippen LogP contribution in [0.3, 0.4) is 0 Å². The summed E-state index contributed by atoms with van der Waals surface area (Å²) in [6.45, 7) is 12.2. The van der Waals surface area contributed by atoms with Crippen LogP contribution in [0.15, 0.2) is 35.5 Å². The zero-order chi connectivity index (χ0) is 23.0. The first-order valence-electron chi connectivity index (χ1n) is 12.3. The van der Waals surface area contributed by atoms with E-state index in [1.807, 2.05) is 0 Å². The first-order chi connectivity index (χ1) is 14.4. The molecule has 0 aromatic carbocycles. The van der Waals surface area contributed by atoms with Crippen LogP contribution in [-0.2, 0) is 0 Å². The minimum Gasteiger partial charge on any atom is -0.393 e. The summed E-state index contributed by atoms with van der Waals surface area (Å²) in [4.78, 5) is 0. The van der Waals surface area contributed by atoms with Gasteiger partial charge in [-0.25, -0.2) is 0 Å². The number of hydrogen-bond acceptors (Lipinski definition) is 4. The summed E-state index contributed by atoms with van der Waals surface area (Å²) in [5, 5.41) is 40.5. The Balaban J connectivity index is 1.71. The van der Waals surface area contributed by atoms with E-state index in [-0.39, 0.29) is 5.41 Å². The monoisotopic (exact) mass is 432 g/mol. The molecule has 0 bridgehead atoms. The normalized spacial score (nSPS) is 39.0. The Labute approximate surface area is 188 Å². The highest BCUT2D eigenvalue weighted by Crippen LogP contribution is 2.60. The van der Waals surface area contributed by atoms with Gasteiger partial charge in [-0.2, -0.15) is 0 Å². The molecule has 4 nitrogen and oxygen atoms in total. The van der Waals surface area contributed by atoms with Crippen molar-refractivity contribution in [1.82, 2.24) is 0 Å². The Morgan fingerprint density at radius 2 is 1.90 bits per heavy atom. The lowest BCUT2D eigenvalue weighted by Gasteiger charge is -2.44. The molecule has 0 aliphatic heterocycles. The van der Waals surface area contributed by atoms with E-state index in [0.29, 0.717) is 37.0 Å². The van der Waals surface area contributed by atoms with Gasteiger partial charge in [0.05, 0.1) is 23.9 Å². The van der Waals surface area contributed by atoms with Crippen LogP contribution in [0.25, 0.3) is 0 Å². The molecular weight excluding hydrogens is 388 g/mol. The van der Waals surface area contributed by atoms with Gasteiger partial charge in [0.1, 0.15) is 0 Å². The maximum atomic E-state index is 10.3. The van der Waals surface area contributed by atoms with Crippen molar-refractivity contribution in [2.75, 3.05) is 0 Å². The summed E-state index contributed by atoms with van der Waals surface area (Å²) < 4.78 is 0. The minimum atomic E-state index is -1.04. The van der Waals surface area contributed by atoms with Crippen molar-refractivity contribution in [1.29, 1.82) is 0 Å². The molecule has 0 spiro atoms. The Morgan fingerprint density at radius 3 is 2.58 bits per heavy atom. The van der Waals surface area contributed by atoms with E-state index in [2.05, 4.69) is 32.6 Å². The molecule has 0 radical (unpaired) electrons. The number of aliphatic hydroxyl groups excluding tert-OH is 3. The molecule has 3 fully saturated rings. The summed E-state index contributed by atoms with van der Waals surface area (Å²) >= 11 is 0. The third-order valence-corrected chi connectivity index (χ3v) is 8.70. The highest BCUT2D eigenvalue weighted by atomic mass is 16.3. The molecule has 3 rings (SSSR count). The van der Waals surface area contributed by atoms with Crippen molar-refractivity contribution in [2.24, 2.45) is 23.2 Å². The van der Waals surface area contributed by atoms with Gasteiger partial charge >= 0.3 is 0 Å². The lowest BCUT2D eigenvalue weighted by molar-refractivity contribution is -0.0554. The van der Waals surface area contributed by atoms with Crippen LogP contribution >= 0.6 is 0 Å². The van der Waals surface area contributed by atoms with E-state index in [0.717, 1.165) is 24.0 Å². The fourth-order valence-electron chi connectivity index (χ4n) is 6.65. The van der Waals surface area contributed by atoms with Crippen LogP contribution in [-0.4, -0.2) is 44.3 Å². The van der Waals surface area contributed by atoms with Crippen molar-refractivity contribution in [3.05, 3.63) is 35.5 Å². The Hall–Kier alpha value is -0.940. The fourth-order valence-corrected chi connectivity index (χ4v) is 6.65. The highest BCUT2D eigenvalue weighted by Gasteiger charge is 2.50. The van der Waals surface area contributed by atoms with Gasteiger partial charge in [-0.3, -0.25) is 0 Å². The van der Waals surface area contributed by atoms with Gasteiger partial charge in [0.25, 0.3) is 0 Å². The molecule has 4 N–H and O–H groups in total. The van der Waals surface area contributed by atoms with Gasteiger partial charge < -0.3 is 20.4 Å². The average Bonchev–Trinajstić information content (AvgIpc) is 3.04. The molecule has 176 valence electrons. The molecule has 0 heterocycles. The van der Waals surface area contributed by atoms with E-state index in [9.17, 15) is 20.4 Å². The molecule has 3 aliphatic carbocycles. The molecule has 0 saturated heterocycles. The van der Waals surface area contributed by atoms with Crippen LogP contribution in [0.5, 0.6) is 0 Å². The second-order valence-electron chi connectivity index (χ2n) is 11.4. The number of rotatable bonds is 6. The van der Waals surface area contributed by atoms with Gasteiger partial charge in [0, 0.05) is 6.42 Å². The molecule has 7 atom stereocenters. The number of allylic oxidation sites excluding steroid dienone is 3. The van der Waals surface area contributed by atoms with Crippen molar-refractivity contribution in [3.63, 3.8) is 0 Å². The standard InChI is InChI=1S/C27H44O4/c1-17(8-13-25(30)26(3,4)31)22-11-12-23-19(7-6-14-27(22,23)5)9-10-20-15-21(28)16-24(29)18(20)2/h9-10,17,21-25,28-31H,2,6-8,11-16H2,1,3-5H3/b19-9+,20-10+/t17?,21-,22-,23+,24-,25?,27-/m1/s1. The smallest absolute Gasteiger partial charge is 0.0849 e. The number of fused-ring (bicyclic) bond motifs is 1. The SMILES string of the molecule is C=C1/C(=C/C=C2\CCC[C@]3(C)[C@@H](C(C)CCC(O)C(C)(C)O)CC[C@@H]23)C[C@@H](O)C[C@H]1O. The maximum Gasteiger partial charge on any atom is 0.0849 e. The van der Waals surface area contributed by atoms with Crippen LogP contribution < -0.4 is 0 Å². The number of hydrogen-bond donors (Lipinski definition) is 4. The minimum absolute atomic E-state index is 0.282. The molecule has 0 amide bonds. The fraction of sp³-hybridized carbons (Fsp3) is 0.778. The summed E-state index contributed by atoms with van der Waals surface area (Å²) in [5.41, 5.74) is 2.48. The van der Waals surface area contributed by atoms with Crippen molar-refractivity contribution in [2.45, 2.75) is 109 Å². The van der Waals surface area contributed by atoms with Crippen molar-refractivity contribution >= 4 is 0 Å². The summed E-state index contributed by atoms with van der Waals surface area (Å²) in [5.74, 6) is 1.74. The molecular formula is C27H44O4. The maximum absolute atomic E-state index is 10.3. The van der Waals surface area contributed by atoms with Crippen molar-refractivity contribution < 1.29 is 20.4 Å². The van der Waals surface area contributed by atoms with Gasteiger partial charge in [0.15, 0.2) is 0 Å². The van der Waals surface area contributed by atoms with Gasteiger partial charge in [0.2, 0.25) is 0 Å². The second-order valence-corrected chi connectivity index (χ2v) is 11.4. The highest BCUT2D eigenvalue weighted by molar-refractivity contribution is 5.38. The Bertz CT molecular complexity index is 715. The third-order valence-electron chi connectivity index (χ3n) is 8.70. The third kappa shape index (κ3) is 5.35. The van der Waals surface area contributed by atoms with E-state index in [1.165, 1.54) is 31.3 Å². The Morgan fingerprint density at radius 1 is 1.19 bits per heavy atom. The van der Waals surface area contributed by atoms with Gasteiger partial charge in [-0.15, -0.1) is 0 Å². The second kappa shape index (κ2) is 9.51. The van der Waals surface area contributed by atoms with Crippen LogP contribution in [0, 0.1) is 23.2 Å². The summed E-state index contributed by atoms with van der Waals surface area (Å²) in [6, 6.07) is 0. The Kier molecular flexibility index (Phi) is 7.57. The summed E-state index contributed by atoms with van der Waals surface area (Å²) in [7, 11) is 0. The first kappa shape index (κ1) is 24.7. The molecule has 3 aliphatic rings. The van der Waals surface area contributed by atoms with E-state index < -0.39 is 23.9 Å². The van der Waals surface area contributed by atoms with Gasteiger partial charge in [-0.1, -0.05) is 38.2 Å². The van der Waals surface area contributed by atoms with E-state index >= 15 is 0 Å². The molecule has 2 unspecified atom stereocenters. The van der Waals surface area contributed by atoms with E-state index in [4.69, 9.17) is 0 Å². The molecule has 3 saturated carbocycles. The lowest BCUT2D eigenvalue weighted by atomic mass is 9.60. The predicted octanol–water partition coefficient (Wildman–Crippen LogP) is 4.68. The topological polar surface area (TPSA) is 80.9 Å². The largest absolute Gasteiger partial charge is 0.393 e. The molecule has 4 heteroatoms. The van der Waals surface area contributed by atoms with E-state index in [1.54, 1.807) is 13.8 Å². The lowest BCUT2D eigenvalue weighted by Crippen LogP contribution is -2.38. The predicted molar refractivity (Wildman–Crippen MR) is 125 cm³/mol. The van der Waals surface area contributed by atoms with Crippen LogP contribution in [0.1, 0.15) is 85.5 Å². The molecule has 0 aromatic rings. The first-order valence-corrected chi connectivity index (χ1v) is 12.3. The quantitative estimate of drug-likeness (QED) is 0.491. The molecule has 31 heavy (non-hydrogen) atoms. The van der Waals surface area contributed by atoms with Crippen LogP contribution in [0.4, 0.5) is 0 Å². The molecule has 0 aromatic heterocycles. The van der Waals surface area contributed by atoms with Gasteiger partial charge in [-0.05, 0) is 99.5 Å². The number of aliphatic hydroxyl groups is 4. The van der Waals surface area contributed by atoms with Crippen LogP contribution in [0.2, 0.25) is 0 Å². The zero-order valence-corrected chi connectivity index (χ0v) is 20.0. The zero-order valence-electron chi connectivity index (χ0n) is 20.0. The average molecular weight is 433 g/mol. The van der Waals surface area contributed by atoms with Crippen molar-refractivity contribution in [3.8, 4) is 0 Å².